The van der Waals surface area contributed by atoms with Crippen LogP contribution in [0.1, 0.15) is 31.7 Å². The summed E-state index contributed by atoms with van der Waals surface area (Å²) >= 11 is 0. The molecule has 0 saturated carbocycles. The fourth-order valence-corrected chi connectivity index (χ4v) is 1.08. The van der Waals surface area contributed by atoms with Crippen molar-refractivity contribution in [3.05, 3.63) is 17.5 Å². The van der Waals surface area contributed by atoms with Gasteiger partial charge in [0.15, 0.2) is 0 Å². The molecule has 1 unspecified atom stereocenters. The van der Waals surface area contributed by atoms with E-state index >= 15 is 0 Å². The van der Waals surface area contributed by atoms with Crippen molar-refractivity contribution >= 4 is 0 Å². The predicted octanol–water partition coefficient (Wildman–Crippen LogP) is 1.61. The third-order valence-corrected chi connectivity index (χ3v) is 2.48. The number of aromatic nitrogens is 1. The molecule has 12 heavy (non-hydrogen) atoms. The first-order valence-electron chi connectivity index (χ1n) is 4.26. The zero-order chi connectivity index (χ0) is 9.19. The highest BCUT2D eigenvalue weighted by Gasteiger charge is 2.26. The highest BCUT2D eigenvalue weighted by atomic mass is 16.5. The van der Waals surface area contributed by atoms with Crippen molar-refractivity contribution in [2.75, 3.05) is 6.54 Å². The molecule has 0 saturated heterocycles. The summed E-state index contributed by atoms with van der Waals surface area (Å²) < 4.78 is 5.01. The first-order valence-corrected chi connectivity index (χ1v) is 4.26. The van der Waals surface area contributed by atoms with Gasteiger partial charge in [0.1, 0.15) is 5.76 Å². The quantitative estimate of drug-likeness (QED) is 0.746. The van der Waals surface area contributed by atoms with E-state index in [-0.39, 0.29) is 5.41 Å². The lowest BCUT2D eigenvalue weighted by atomic mass is 9.84. The van der Waals surface area contributed by atoms with Crippen LogP contribution in [0.5, 0.6) is 0 Å². The van der Waals surface area contributed by atoms with E-state index in [1.165, 1.54) is 0 Å². The number of hydrogen-bond acceptors (Lipinski definition) is 3. The van der Waals surface area contributed by atoms with Crippen molar-refractivity contribution in [3.8, 4) is 0 Å². The van der Waals surface area contributed by atoms with Gasteiger partial charge >= 0.3 is 0 Å². The first kappa shape index (κ1) is 9.26. The lowest BCUT2D eigenvalue weighted by Gasteiger charge is -2.22. The Labute approximate surface area is 72.9 Å². The van der Waals surface area contributed by atoms with Crippen molar-refractivity contribution in [1.82, 2.24) is 5.16 Å². The second-order valence-electron chi connectivity index (χ2n) is 3.44. The zero-order valence-electron chi connectivity index (χ0n) is 7.92. The monoisotopic (exact) mass is 168 g/mol. The van der Waals surface area contributed by atoms with Gasteiger partial charge in [-0.25, -0.2) is 0 Å². The van der Waals surface area contributed by atoms with E-state index in [0.29, 0.717) is 6.54 Å². The lowest BCUT2D eigenvalue weighted by molar-refractivity contribution is 0.359. The minimum absolute atomic E-state index is 0.0300. The summed E-state index contributed by atoms with van der Waals surface area (Å²) in [4.78, 5) is 0. The van der Waals surface area contributed by atoms with Crippen LogP contribution in [-0.2, 0) is 5.41 Å². The molecule has 0 bridgehead atoms. The summed E-state index contributed by atoms with van der Waals surface area (Å²) in [5.74, 6) is 0.845. The van der Waals surface area contributed by atoms with E-state index in [2.05, 4.69) is 19.0 Å². The Bertz CT molecular complexity index is 251. The molecule has 0 aliphatic rings. The van der Waals surface area contributed by atoms with Gasteiger partial charge in [0.05, 0.1) is 5.69 Å². The summed E-state index contributed by atoms with van der Waals surface area (Å²) in [7, 11) is 0. The third kappa shape index (κ3) is 1.50. The topological polar surface area (TPSA) is 52.0 Å². The Balaban J connectivity index is 2.94. The molecule has 1 heterocycles. The second-order valence-corrected chi connectivity index (χ2v) is 3.44. The van der Waals surface area contributed by atoms with Crippen LogP contribution in [0.3, 0.4) is 0 Å². The molecule has 3 heteroatoms. The molecule has 1 rings (SSSR count). The highest BCUT2D eigenvalue weighted by molar-refractivity contribution is 5.15. The predicted molar refractivity (Wildman–Crippen MR) is 47.9 cm³/mol. The van der Waals surface area contributed by atoms with Crippen LogP contribution >= 0.6 is 0 Å². The van der Waals surface area contributed by atoms with E-state index in [9.17, 15) is 0 Å². The molecule has 2 N–H and O–H groups in total. The molecule has 3 nitrogen and oxygen atoms in total. The largest absolute Gasteiger partial charge is 0.361 e. The van der Waals surface area contributed by atoms with Crippen LogP contribution in [0.25, 0.3) is 0 Å². The number of hydrogen-bond donors (Lipinski definition) is 1. The maximum Gasteiger partial charge on any atom is 0.133 e. The Hall–Kier alpha value is -0.830. The SMILES string of the molecule is CCC(C)(CN)c1cc(C)on1. The van der Waals surface area contributed by atoms with Crippen LogP contribution in [0.2, 0.25) is 0 Å². The summed E-state index contributed by atoms with van der Waals surface area (Å²) in [6.07, 6.45) is 0.982. The van der Waals surface area contributed by atoms with Crippen LogP contribution in [-0.4, -0.2) is 11.7 Å². The normalized spacial score (nSPS) is 16.0. The number of rotatable bonds is 3. The molecular weight excluding hydrogens is 152 g/mol. The van der Waals surface area contributed by atoms with Gasteiger partial charge in [0, 0.05) is 18.0 Å². The Morgan fingerprint density at radius 2 is 2.33 bits per heavy atom. The fourth-order valence-electron chi connectivity index (χ4n) is 1.08. The average molecular weight is 168 g/mol. The van der Waals surface area contributed by atoms with Crippen LogP contribution in [0.4, 0.5) is 0 Å². The van der Waals surface area contributed by atoms with Crippen molar-refractivity contribution in [2.45, 2.75) is 32.6 Å². The van der Waals surface area contributed by atoms with E-state index < -0.39 is 0 Å². The summed E-state index contributed by atoms with van der Waals surface area (Å²) in [6.45, 7) is 6.71. The molecule has 0 spiro atoms. The van der Waals surface area contributed by atoms with Gasteiger partial charge in [-0.05, 0) is 13.3 Å². The number of nitrogens with two attached hydrogens (primary N) is 1. The fraction of sp³-hybridized carbons (Fsp3) is 0.667. The van der Waals surface area contributed by atoms with Gasteiger partial charge in [0.2, 0.25) is 0 Å². The van der Waals surface area contributed by atoms with Crippen molar-refractivity contribution in [1.29, 1.82) is 0 Å². The van der Waals surface area contributed by atoms with Crippen LogP contribution in [0.15, 0.2) is 10.6 Å². The molecule has 0 fully saturated rings. The molecule has 0 aliphatic heterocycles. The third-order valence-electron chi connectivity index (χ3n) is 2.48. The van der Waals surface area contributed by atoms with Crippen LogP contribution in [0, 0.1) is 6.92 Å². The van der Waals surface area contributed by atoms with Crippen molar-refractivity contribution < 1.29 is 4.52 Å². The van der Waals surface area contributed by atoms with Crippen molar-refractivity contribution in [2.24, 2.45) is 5.73 Å². The molecule has 1 aromatic rings. The second kappa shape index (κ2) is 3.27. The Morgan fingerprint density at radius 1 is 1.67 bits per heavy atom. The van der Waals surface area contributed by atoms with E-state index in [1.54, 1.807) is 0 Å². The van der Waals surface area contributed by atoms with Gasteiger partial charge in [-0.2, -0.15) is 0 Å². The molecule has 0 radical (unpaired) electrons. The molecule has 1 aromatic heterocycles. The minimum atomic E-state index is -0.0300. The Morgan fingerprint density at radius 3 is 2.67 bits per heavy atom. The lowest BCUT2D eigenvalue weighted by Crippen LogP contribution is -2.31. The molecule has 0 aliphatic carbocycles. The summed E-state index contributed by atoms with van der Waals surface area (Å²) in [5, 5.41) is 3.97. The van der Waals surface area contributed by atoms with E-state index in [1.807, 2.05) is 13.0 Å². The standard InChI is InChI=1S/C9H16N2O/c1-4-9(3,6-10)8-5-7(2)12-11-8/h5H,4,6,10H2,1-3H3. The van der Waals surface area contributed by atoms with Gasteiger partial charge in [-0.15, -0.1) is 0 Å². The maximum absolute atomic E-state index is 5.68. The molecule has 0 amide bonds. The Kier molecular flexibility index (Phi) is 2.52. The van der Waals surface area contributed by atoms with Crippen LogP contribution < -0.4 is 5.73 Å². The van der Waals surface area contributed by atoms with E-state index in [0.717, 1.165) is 17.9 Å². The molecule has 1 atom stereocenters. The first-order chi connectivity index (χ1) is 5.62. The summed E-state index contributed by atoms with van der Waals surface area (Å²) in [6, 6.07) is 1.95. The maximum atomic E-state index is 5.68. The van der Waals surface area contributed by atoms with Gasteiger partial charge < -0.3 is 10.3 Å². The van der Waals surface area contributed by atoms with Gasteiger partial charge in [0.25, 0.3) is 0 Å². The average Bonchev–Trinajstić information content (AvgIpc) is 2.51. The minimum Gasteiger partial charge on any atom is -0.361 e. The highest BCUT2D eigenvalue weighted by Crippen LogP contribution is 2.25. The molecule has 68 valence electrons. The molecule has 0 aromatic carbocycles. The smallest absolute Gasteiger partial charge is 0.133 e. The van der Waals surface area contributed by atoms with Gasteiger partial charge in [-0.1, -0.05) is 19.0 Å². The zero-order valence-corrected chi connectivity index (χ0v) is 7.92. The van der Waals surface area contributed by atoms with Gasteiger partial charge in [-0.3, -0.25) is 0 Å². The summed E-state index contributed by atoms with van der Waals surface area (Å²) in [5.41, 5.74) is 6.61. The van der Waals surface area contributed by atoms with Crippen molar-refractivity contribution in [3.63, 3.8) is 0 Å². The number of nitrogens with zero attached hydrogens (tertiary/aromatic N) is 1. The van der Waals surface area contributed by atoms with E-state index in [4.69, 9.17) is 10.3 Å². The number of aryl methyl sites for hydroxylation is 1. The molecular formula is C9H16N2O.